The number of likely N-dealkylation sites (N-methyl/N-ethyl adjacent to an activating group) is 1. The van der Waals surface area contributed by atoms with Crippen LogP contribution in [0.5, 0.6) is 0 Å². The van der Waals surface area contributed by atoms with Crippen molar-refractivity contribution in [1.29, 1.82) is 0 Å². The highest BCUT2D eigenvalue weighted by molar-refractivity contribution is 9.10. The van der Waals surface area contributed by atoms with Gasteiger partial charge in [-0.2, -0.15) is 16.9 Å². The van der Waals surface area contributed by atoms with E-state index in [2.05, 4.69) is 52.0 Å². The molecule has 2 atom stereocenters. The number of aromatic nitrogens is 2. The van der Waals surface area contributed by atoms with Crippen molar-refractivity contribution >= 4 is 27.7 Å². The zero-order valence-corrected chi connectivity index (χ0v) is 14.5. The lowest BCUT2D eigenvalue weighted by Gasteiger charge is -2.30. The molecule has 108 valence electrons. The standard InChI is InChI=1S/C14H24BrN3S/c1-4-16-11(13-7-5-6-8-19-13)9-12-14(15)10(2)17-18(12)3/h11,13,16H,4-9H2,1-3H3. The maximum atomic E-state index is 4.50. The molecule has 1 fully saturated rings. The summed E-state index contributed by atoms with van der Waals surface area (Å²) < 4.78 is 3.20. The van der Waals surface area contributed by atoms with Crippen molar-refractivity contribution in [1.82, 2.24) is 15.1 Å². The second-order valence-electron chi connectivity index (χ2n) is 5.24. The van der Waals surface area contributed by atoms with Crippen LogP contribution in [0.3, 0.4) is 0 Å². The highest BCUT2D eigenvalue weighted by atomic mass is 79.9. The van der Waals surface area contributed by atoms with Crippen molar-refractivity contribution < 1.29 is 0 Å². The van der Waals surface area contributed by atoms with Gasteiger partial charge in [-0.1, -0.05) is 13.3 Å². The molecule has 0 amide bonds. The Morgan fingerprint density at radius 3 is 2.84 bits per heavy atom. The van der Waals surface area contributed by atoms with Crippen LogP contribution in [0.25, 0.3) is 0 Å². The third-order valence-electron chi connectivity index (χ3n) is 3.80. The smallest absolute Gasteiger partial charge is 0.0738 e. The molecule has 0 aliphatic carbocycles. The average Bonchev–Trinajstić information content (AvgIpc) is 2.65. The molecule has 0 bridgehead atoms. The highest BCUT2D eigenvalue weighted by Gasteiger charge is 2.26. The van der Waals surface area contributed by atoms with E-state index in [-0.39, 0.29) is 0 Å². The minimum atomic E-state index is 0.557. The summed E-state index contributed by atoms with van der Waals surface area (Å²) in [6, 6.07) is 0.557. The van der Waals surface area contributed by atoms with Crippen LogP contribution >= 0.6 is 27.7 Å². The van der Waals surface area contributed by atoms with E-state index < -0.39 is 0 Å². The molecule has 2 unspecified atom stereocenters. The summed E-state index contributed by atoms with van der Waals surface area (Å²) in [4.78, 5) is 0. The van der Waals surface area contributed by atoms with Gasteiger partial charge >= 0.3 is 0 Å². The summed E-state index contributed by atoms with van der Waals surface area (Å²) in [5, 5.41) is 8.93. The number of halogens is 1. The summed E-state index contributed by atoms with van der Waals surface area (Å²) >= 11 is 5.83. The number of aryl methyl sites for hydroxylation is 2. The summed E-state index contributed by atoms with van der Waals surface area (Å²) in [5.74, 6) is 1.32. The number of hydrogen-bond acceptors (Lipinski definition) is 3. The minimum Gasteiger partial charge on any atom is -0.313 e. The van der Waals surface area contributed by atoms with Gasteiger partial charge in [0.1, 0.15) is 0 Å². The van der Waals surface area contributed by atoms with Gasteiger partial charge in [-0.3, -0.25) is 4.68 Å². The first kappa shape index (κ1) is 15.4. The molecule has 1 aromatic heterocycles. The van der Waals surface area contributed by atoms with Crippen LogP contribution in [0.4, 0.5) is 0 Å². The second kappa shape index (κ2) is 7.14. The first-order valence-electron chi connectivity index (χ1n) is 7.16. The SMILES string of the molecule is CCNC(Cc1c(Br)c(C)nn1C)C1CCCCS1. The molecular weight excluding hydrogens is 322 g/mol. The van der Waals surface area contributed by atoms with Gasteiger partial charge in [0.15, 0.2) is 0 Å². The van der Waals surface area contributed by atoms with Crippen molar-refractivity contribution in [3.63, 3.8) is 0 Å². The van der Waals surface area contributed by atoms with E-state index in [1.807, 2.05) is 11.7 Å². The second-order valence-corrected chi connectivity index (χ2v) is 7.38. The van der Waals surface area contributed by atoms with Crippen LogP contribution in [0.1, 0.15) is 37.6 Å². The van der Waals surface area contributed by atoms with Crippen LogP contribution in [0.15, 0.2) is 4.47 Å². The van der Waals surface area contributed by atoms with Crippen molar-refractivity contribution in [2.24, 2.45) is 7.05 Å². The topological polar surface area (TPSA) is 29.9 Å². The third-order valence-corrected chi connectivity index (χ3v) is 6.35. The molecule has 1 aliphatic heterocycles. The summed E-state index contributed by atoms with van der Waals surface area (Å²) in [6.45, 7) is 5.30. The third kappa shape index (κ3) is 3.76. The van der Waals surface area contributed by atoms with E-state index in [1.165, 1.54) is 35.2 Å². The van der Waals surface area contributed by atoms with Gasteiger partial charge in [0.25, 0.3) is 0 Å². The molecule has 3 nitrogen and oxygen atoms in total. The van der Waals surface area contributed by atoms with E-state index in [1.54, 1.807) is 0 Å². The summed E-state index contributed by atoms with van der Waals surface area (Å²) in [7, 11) is 2.05. The zero-order chi connectivity index (χ0) is 13.8. The molecule has 0 saturated carbocycles. The van der Waals surface area contributed by atoms with Crippen molar-refractivity contribution in [3.8, 4) is 0 Å². The Morgan fingerprint density at radius 1 is 1.53 bits per heavy atom. The van der Waals surface area contributed by atoms with Gasteiger partial charge in [-0.15, -0.1) is 0 Å². The van der Waals surface area contributed by atoms with Crippen LogP contribution in [0.2, 0.25) is 0 Å². The monoisotopic (exact) mass is 345 g/mol. The predicted octanol–water partition coefficient (Wildman–Crippen LogP) is 3.30. The van der Waals surface area contributed by atoms with E-state index in [4.69, 9.17) is 0 Å². The Morgan fingerprint density at radius 2 is 2.32 bits per heavy atom. The van der Waals surface area contributed by atoms with Gasteiger partial charge in [0.2, 0.25) is 0 Å². The fourth-order valence-electron chi connectivity index (χ4n) is 2.79. The number of hydrogen-bond donors (Lipinski definition) is 1. The van der Waals surface area contributed by atoms with E-state index in [0.29, 0.717) is 6.04 Å². The van der Waals surface area contributed by atoms with Crippen LogP contribution in [0, 0.1) is 6.92 Å². The van der Waals surface area contributed by atoms with E-state index in [9.17, 15) is 0 Å². The molecule has 0 aromatic carbocycles. The number of rotatable bonds is 5. The Labute approximate surface area is 129 Å². The van der Waals surface area contributed by atoms with Gasteiger partial charge < -0.3 is 5.32 Å². The average molecular weight is 346 g/mol. The Kier molecular flexibility index (Phi) is 5.78. The molecule has 0 spiro atoms. The quantitative estimate of drug-likeness (QED) is 0.887. The largest absolute Gasteiger partial charge is 0.313 e. The maximum absolute atomic E-state index is 4.50. The van der Waals surface area contributed by atoms with Crippen LogP contribution < -0.4 is 5.32 Å². The predicted molar refractivity (Wildman–Crippen MR) is 86.9 cm³/mol. The number of thioether (sulfide) groups is 1. The van der Waals surface area contributed by atoms with Crippen molar-refractivity contribution in [2.75, 3.05) is 12.3 Å². The lowest BCUT2D eigenvalue weighted by Crippen LogP contribution is -2.41. The molecule has 19 heavy (non-hydrogen) atoms. The Balaban J connectivity index is 2.11. The van der Waals surface area contributed by atoms with Gasteiger partial charge in [-0.25, -0.2) is 0 Å². The van der Waals surface area contributed by atoms with Gasteiger partial charge in [0, 0.05) is 24.8 Å². The van der Waals surface area contributed by atoms with E-state index in [0.717, 1.165) is 23.9 Å². The lowest BCUT2D eigenvalue weighted by molar-refractivity contribution is 0.461. The molecule has 5 heteroatoms. The lowest BCUT2D eigenvalue weighted by atomic mass is 10.0. The summed E-state index contributed by atoms with van der Waals surface area (Å²) in [5.41, 5.74) is 2.40. The molecule has 1 aliphatic rings. The number of nitrogens with zero attached hydrogens (tertiary/aromatic N) is 2. The number of nitrogens with one attached hydrogen (secondary N) is 1. The molecule has 2 heterocycles. The molecule has 1 aromatic rings. The first-order chi connectivity index (χ1) is 9.13. The first-order valence-corrected chi connectivity index (χ1v) is 9.00. The Bertz CT molecular complexity index is 413. The Hall–Kier alpha value is -0.000000000000000111. The fraction of sp³-hybridized carbons (Fsp3) is 0.786. The van der Waals surface area contributed by atoms with Gasteiger partial charge in [-0.05, 0) is 48.0 Å². The highest BCUT2D eigenvalue weighted by Crippen LogP contribution is 2.30. The molecule has 2 rings (SSSR count). The summed E-state index contributed by atoms with van der Waals surface area (Å²) in [6.07, 6.45) is 5.17. The molecule has 1 N–H and O–H groups in total. The van der Waals surface area contributed by atoms with Gasteiger partial charge in [0.05, 0.1) is 15.9 Å². The normalized spacial score (nSPS) is 21.6. The van der Waals surface area contributed by atoms with Crippen LogP contribution in [-0.2, 0) is 13.5 Å². The van der Waals surface area contributed by atoms with Crippen LogP contribution in [-0.4, -0.2) is 33.4 Å². The van der Waals surface area contributed by atoms with E-state index >= 15 is 0 Å². The zero-order valence-electron chi connectivity index (χ0n) is 12.1. The van der Waals surface area contributed by atoms with Crippen molar-refractivity contribution in [3.05, 3.63) is 15.9 Å². The molecule has 0 radical (unpaired) electrons. The van der Waals surface area contributed by atoms with Crippen molar-refractivity contribution in [2.45, 2.75) is 50.8 Å². The fourth-order valence-corrected chi connectivity index (χ4v) is 4.72. The maximum Gasteiger partial charge on any atom is 0.0738 e. The molecule has 1 saturated heterocycles. The molecular formula is C14H24BrN3S. The minimum absolute atomic E-state index is 0.557.